The van der Waals surface area contributed by atoms with Crippen LogP contribution in [-0.4, -0.2) is 73.4 Å². The third kappa shape index (κ3) is 43.6. The second kappa shape index (κ2) is 41.1. The number of hydrogen-bond donors (Lipinski definition) is 3. The van der Waals surface area contributed by atoms with E-state index in [1.165, 1.54) is 77.0 Å². The molecule has 0 saturated heterocycles. The molecule has 3 unspecified atom stereocenters. The van der Waals surface area contributed by atoms with Gasteiger partial charge >= 0.3 is 7.82 Å². The normalized spacial score (nSPS) is 15.0. The molecule has 0 aromatic carbocycles. The predicted molar refractivity (Wildman–Crippen MR) is 253 cm³/mol. The minimum absolute atomic E-state index is 0.0505. The van der Waals surface area contributed by atoms with Crippen LogP contribution in [0.4, 0.5) is 0 Å². The molecule has 3 atom stereocenters. The number of amides is 1. The van der Waals surface area contributed by atoms with Crippen molar-refractivity contribution >= 4 is 13.7 Å². The van der Waals surface area contributed by atoms with Crippen molar-refractivity contribution in [1.29, 1.82) is 0 Å². The Morgan fingerprint density at radius 2 is 1.03 bits per heavy atom. The average Bonchev–Trinajstić information content (AvgIpc) is 3.19. The highest BCUT2D eigenvalue weighted by Gasteiger charge is 2.27. The average molecular weight is 846 g/mol. The van der Waals surface area contributed by atoms with E-state index < -0.39 is 20.0 Å². The van der Waals surface area contributed by atoms with Crippen molar-refractivity contribution in [3.63, 3.8) is 0 Å². The van der Waals surface area contributed by atoms with Crippen LogP contribution < -0.4 is 5.32 Å². The minimum Gasteiger partial charge on any atom is -0.387 e. The molecular formula is C50H90N2O6P+. The number of allylic oxidation sites excluding steroid dienone is 13. The van der Waals surface area contributed by atoms with Gasteiger partial charge in [-0.1, -0.05) is 176 Å². The van der Waals surface area contributed by atoms with Gasteiger partial charge < -0.3 is 19.8 Å². The third-order valence-electron chi connectivity index (χ3n) is 9.85. The molecule has 0 spiro atoms. The maximum atomic E-state index is 12.9. The number of nitrogens with one attached hydrogen (secondary N) is 1. The first-order chi connectivity index (χ1) is 28.5. The summed E-state index contributed by atoms with van der Waals surface area (Å²) in [4.78, 5) is 23.1. The molecule has 0 rings (SSSR count). The molecule has 0 aliphatic carbocycles. The number of rotatable bonds is 41. The van der Waals surface area contributed by atoms with Gasteiger partial charge in [0.15, 0.2) is 0 Å². The summed E-state index contributed by atoms with van der Waals surface area (Å²) in [6.07, 6.45) is 56.6. The Kier molecular flexibility index (Phi) is 39.4. The molecular weight excluding hydrogens is 756 g/mol. The number of hydrogen-bond acceptors (Lipinski definition) is 5. The van der Waals surface area contributed by atoms with E-state index in [2.05, 4.69) is 92.1 Å². The summed E-state index contributed by atoms with van der Waals surface area (Å²) >= 11 is 0. The van der Waals surface area contributed by atoms with E-state index in [1.54, 1.807) is 6.08 Å². The molecule has 0 aliphatic heterocycles. The molecule has 9 heteroatoms. The Morgan fingerprint density at radius 3 is 1.56 bits per heavy atom. The Labute approximate surface area is 363 Å². The van der Waals surface area contributed by atoms with Crippen LogP contribution in [0.5, 0.6) is 0 Å². The zero-order valence-electron chi connectivity index (χ0n) is 38.5. The van der Waals surface area contributed by atoms with E-state index in [1.807, 2.05) is 27.2 Å². The van der Waals surface area contributed by atoms with Gasteiger partial charge in [0.05, 0.1) is 39.9 Å². The number of quaternary nitrogens is 1. The number of nitrogens with zero attached hydrogens (tertiary/aromatic N) is 1. The number of aliphatic hydroxyl groups is 1. The first-order valence-corrected chi connectivity index (χ1v) is 25.0. The molecule has 59 heavy (non-hydrogen) atoms. The molecule has 0 bridgehead atoms. The summed E-state index contributed by atoms with van der Waals surface area (Å²) in [6, 6.07) is -0.870. The fourth-order valence-electron chi connectivity index (χ4n) is 6.14. The van der Waals surface area contributed by atoms with Crippen LogP contribution in [0.2, 0.25) is 0 Å². The fourth-order valence-corrected chi connectivity index (χ4v) is 6.88. The number of carbonyl (C=O) groups excluding carboxylic acids is 1. The summed E-state index contributed by atoms with van der Waals surface area (Å²) < 4.78 is 23.5. The fraction of sp³-hybridized carbons (Fsp3) is 0.700. The second-order valence-electron chi connectivity index (χ2n) is 16.7. The Morgan fingerprint density at radius 1 is 0.593 bits per heavy atom. The van der Waals surface area contributed by atoms with Crippen LogP contribution in [0.3, 0.4) is 0 Å². The lowest BCUT2D eigenvalue weighted by Crippen LogP contribution is -2.45. The van der Waals surface area contributed by atoms with Crippen molar-refractivity contribution in [2.45, 2.75) is 187 Å². The van der Waals surface area contributed by atoms with Gasteiger partial charge in [0.25, 0.3) is 0 Å². The van der Waals surface area contributed by atoms with Crippen molar-refractivity contribution in [1.82, 2.24) is 5.32 Å². The van der Waals surface area contributed by atoms with Gasteiger partial charge in [-0.15, -0.1) is 0 Å². The van der Waals surface area contributed by atoms with Gasteiger partial charge in [0.1, 0.15) is 13.2 Å². The molecule has 8 nitrogen and oxygen atoms in total. The van der Waals surface area contributed by atoms with Crippen molar-refractivity contribution in [2.24, 2.45) is 0 Å². The molecule has 0 aliphatic rings. The van der Waals surface area contributed by atoms with Crippen LogP contribution in [0.1, 0.15) is 174 Å². The van der Waals surface area contributed by atoms with Crippen molar-refractivity contribution in [2.75, 3.05) is 40.9 Å². The summed E-state index contributed by atoms with van der Waals surface area (Å²) in [6.45, 7) is 4.63. The Bertz CT molecular complexity index is 1230. The molecule has 1 amide bonds. The van der Waals surface area contributed by atoms with Gasteiger partial charge in [-0.25, -0.2) is 4.57 Å². The molecule has 0 aromatic rings. The summed E-state index contributed by atoms with van der Waals surface area (Å²) in [7, 11) is 1.53. The molecule has 0 radical (unpaired) electrons. The third-order valence-corrected chi connectivity index (χ3v) is 10.8. The standard InChI is InChI=1S/C50H89N2O6P/c1-6-8-10-12-14-16-18-20-21-22-23-24-25-26-27-28-29-30-31-32-34-36-38-40-42-44-50(54)51-48(47-58-59(55,56)57-46-45-52(3,4)5)49(53)43-41-39-37-35-33-19-17-15-13-11-9-7-2/h8,10,14,16,20-21,23-24,26-27,33,35,41,43,48-49,53H,6-7,9,11-13,15,17-19,22,25,28-32,34,36-40,42,44-47H2,1-5H3,(H-,51,54,55,56)/p+1/b10-8-,16-14-,21-20-,24-23-,27-26-,35-33+,43-41+. The van der Waals surface area contributed by atoms with E-state index in [0.717, 1.165) is 77.0 Å². The molecule has 3 N–H and O–H groups in total. The zero-order chi connectivity index (χ0) is 43.6. The van der Waals surface area contributed by atoms with E-state index in [0.29, 0.717) is 17.4 Å². The molecule has 0 saturated carbocycles. The first kappa shape index (κ1) is 56.7. The van der Waals surface area contributed by atoms with Crippen LogP contribution in [0, 0.1) is 0 Å². The number of likely N-dealkylation sites (N-methyl/N-ethyl adjacent to an activating group) is 1. The highest BCUT2D eigenvalue weighted by atomic mass is 31.2. The lowest BCUT2D eigenvalue weighted by atomic mass is 10.1. The van der Waals surface area contributed by atoms with Crippen LogP contribution in [0.15, 0.2) is 85.1 Å². The monoisotopic (exact) mass is 846 g/mol. The van der Waals surface area contributed by atoms with Crippen molar-refractivity contribution < 1.29 is 32.9 Å². The predicted octanol–water partition coefficient (Wildman–Crippen LogP) is 13.4. The second-order valence-corrected chi connectivity index (χ2v) is 18.2. The highest BCUT2D eigenvalue weighted by molar-refractivity contribution is 7.47. The maximum absolute atomic E-state index is 12.9. The lowest BCUT2D eigenvalue weighted by Gasteiger charge is -2.25. The summed E-state index contributed by atoms with van der Waals surface area (Å²) in [5, 5.41) is 13.8. The smallest absolute Gasteiger partial charge is 0.387 e. The lowest BCUT2D eigenvalue weighted by molar-refractivity contribution is -0.870. The number of phosphoric acid groups is 1. The van der Waals surface area contributed by atoms with Gasteiger partial charge in [-0.3, -0.25) is 13.8 Å². The molecule has 0 fully saturated rings. The van der Waals surface area contributed by atoms with Gasteiger partial charge in [0, 0.05) is 6.42 Å². The SMILES string of the molecule is CC/C=C\C/C=C\C/C=C\C/C=C\C/C=C\CCCCCCCCCCCC(=O)NC(COP(=O)(O)OCC[N+](C)(C)C)C(O)/C=C/CC/C=C/CCCCCCCC. The van der Waals surface area contributed by atoms with E-state index in [4.69, 9.17) is 9.05 Å². The maximum Gasteiger partial charge on any atom is 0.472 e. The molecule has 340 valence electrons. The summed E-state index contributed by atoms with van der Waals surface area (Å²) in [5.41, 5.74) is 0. The van der Waals surface area contributed by atoms with E-state index in [-0.39, 0.29) is 19.1 Å². The zero-order valence-corrected chi connectivity index (χ0v) is 39.4. The topological polar surface area (TPSA) is 105 Å². The number of unbranched alkanes of at least 4 members (excludes halogenated alkanes) is 16. The van der Waals surface area contributed by atoms with E-state index in [9.17, 15) is 19.4 Å². The number of aliphatic hydroxyl groups excluding tert-OH is 1. The minimum atomic E-state index is -4.35. The highest BCUT2D eigenvalue weighted by Crippen LogP contribution is 2.43. The van der Waals surface area contributed by atoms with Crippen molar-refractivity contribution in [3.05, 3.63) is 85.1 Å². The largest absolute Gasteiger partial charge is 0.472 e. The molecule has 0 heterocycles. The Balaban J connectivity index is 4.33. The van der Waals surface area contributed by atoms with Gasteiger partial charge in [-0.2, -0.15) is 0 Å². The van der Waals surface area contributed by atoms with Gasteiger partial charge in [-0.05, 0) is 77.0 Å². The van der Waals surface area contributed by atoms with Crippen LogP contribution >= 0.6 is 7.82 Å². The van der Waals surface area contributed by atoms with Crippen LogP contribution in [0.25, 0.3) is 0 Å². The first-order valence-electron chi connectivity index (χ1n) is 23.5. The van der Waals surface area contributed by atoms with Gasteiger partial charge in [0.2, 0.25) is 5.91 Å². The number of carbonyl (C=O) groups is 1. The summed E-state index contributed by atoms with van der Waals surface area (Å²) in [5.74, 6) is -0.199. The van der Waals surface area contributed by atoms with E-state index >= 15 is 0 Å². The Hall–Kier alpha value is -2.32. The molecule has 0 aromatic heterocycles. The van der Waals surface area contributed by atoms with Crippen LogP contribution in [-0.2, 0) is 18.4 Å². The quantitative estimate of drug-likeness (QED) is 0.0245. The van der Waals surface area contributed by atoms with Crippen molar-refractivity contribution in [3.8, 4) is 0 Å². The number of phosphoric ester groups is 1.